The highest BCUT2D eigenvalue weighted by atomic mass is 16.5. The van der Waals surface area contributed by atoms with Gasteiger partial charge in [0.15, 0.2) is 0 Å². The van der Waals surface area contributed by atoms with Crippen molar-refractivity contribution in [1.82, 2.24) is 10.5 Å². The van der Waals surface area contributed by atoms with E-state index in [4.69, 9.17) is 4.52 Å². The molecule has 0 spiro atoms. The van der Waals surface area contributed by atoms with Gasteiger partial charge in [0.1, 0.15) is 5.76 Å². The van der Waals surface area contributed by atoms with Crippen molar-refractivity contribution in [2.45, 2.75) is 39.7 Å². The lowest BCUT2D eigenvalue weighted by atomic mass is 10.0. The number of nitrogens with zero attached hydrogens (tertiary/aromatic N) is 1. The fourth-order valence-corrected chi connectivity index (χ4v) is 1.63. The lowest BCUT2D eigenvalue weighted by Crippen LogP contribution is -2.28. The maximum Gasteiger partial charge on any atom is 0.138 e. The van der Waals surface area contributed by atoms with Crippen molar-refractivity contribution in [3.05, 3.63) is 17.5 Å². The summed E-state index contributed by atoms with van der Waals surface area (Å²) in [5, 5.41) is 7.18. The lowest BCUT2D eigenvalue weighted by molar-refractivity contribution is 0.348. The Kier molecular flexibility index (Phi) is 4.14. The third kappa shape index (κ3) is 3.50. The van der Waals surface area contributed by atoms with Gasteiger partial charge in [0.05, 0.1) is 5.69 Å². The fraction of sp³-hybridized carbons (Fsp3) is 0.727. The summed E-state index contributed by atoms with van der Waals surface area (Å²) in [6.45, 7) is 6.41. The molecule has 1 heterocycles. The molecule has 1 aromatic heterocycles. The highest BCUT2D eigenvalue weighted by Gasteiger charge is 2.12. The van der Waals surface area contributed by atoms with Gasteiger partial charge < -0.3 is 9.84 Å². The maximum absolute atomic E-state index is 5.19. The first-order valence-electron chi connectivity index (χ1n) is 5.21. The molecule has 1 aromatic rings. The van der Waals surface area contributed by atoms with Gasteiger partial charge in [-0.3, -0.25) is 0 Å². The third-order valence-electron chi connectivity index (χ3n) is 2.29. The summed E-state index contributed by atoms with van der Waals surface area (Å²) >= 11 is 0. The molecule has 0 unspecified atom stereocenters. The standard InChI is InChI=1S/C11H20N2O/c1-8(2)5-10(12-4)7-11-6-9(3)13-14-11/h6,8,10,12H,5,7H2,1-4H3/t10-/m0/s1. The Morgan fingerprint density at radius 2 is 2.21 bits per heavy atom. The quantitative estimate of drug-likeness (QED) is 0.784. The van der Waals surface area contributed by atoms with Crippen LogP contribution in [0, 0.1) is 12.8 Å². The Balaban J connectivity index is 2.48. The number of nitrogens with one attached hydrogen (secondary N) is 1. The Morgan fingerprint density at radius 1 is 1.50 bits per heavy atom. The number of likely N-dealkylation sites (N-methyl/N-ethyl adjacent to an activating group) is 1. The van der Waals surface area contributed by atoms with Gasteiger partial charge in [0.2, 0.25) is 0 Å². The molecule has 3 heteroatoms. The van der Waals surface area contributed by atoms with Crippen molar-refractivity contribution in [3.8, 4) is 0 Å². The van der Waals surface area contributed by atoms with E-state index in [1.165, 1.54) is 0 Å². The van der Waals surface area contributed by atoms with Crippen molar-refractivity contribution in [3.63, 3.8) is 0 Å². The number of rotatable bonds is 5. The molecule has 0 aliphatic carbocycles. The second-order valence-electron chi connectivity index (χ2n) is 4.25. The first kappa shape index (κ1) is 11.2. The molecule has 0 radical (unpaired) electrons. The van der Waals surface area contributed by atoms with Gasteiger partial charge in [-0.15, -0.1) is 0 Å². The average Bonchev–Trinajstić information content (AvgIpc) is 2.49. The first-order valence-corrected chi connectivity index (χ1v) is 5.21. The Labute approximate surface area is 85.9 Å². The van der Waals surface area contributed by atoms with Crippen LogP contribution < -0.4 is 5.32 Å². The van der Waals surface area contributed by atoms with Gasteiger partial charge in [0, 0.05) is 18.5 Å². The van der Waals surface area contributed by atoms with Crippen LogP contribution in [0.2, 0.25) is 0 Å². The normalized spacial score (nSPS) is 13.5. The van der Waals surface area contributed by atoms with Crippen LogP contribution in [0.15, 0.2) is 10.6 Å². The van der Waals surface area contributed by atoms with E-state index in [-0.39, 0.29) is 0 Å². The van der Waals surface area contributed by atoms with E-state index in [1.807, 2.05) is 20.0 Å². The zero-order chi connectivity index (χ0) is 10.6. The van der Waals surface area contributed by atoms with Crippen LogP contribution in [0.4, 0.5) is 0 Å². The van der Waals surface area contributed by atoms with Crippen LogP contribution in [0.25, 0.3) is 0 Å². The zero-order valence-electron chi connectivity index (χ0n) is 9.50. The summed E-state index contributed by atoms with van der Waals surface area (Å²) < 4.78 is 5.19. The summed E-state index contributed by atoms with van der Waals surface area (Å²) in [5.41, 5.74) is 0.958. The second-order valence-corrected chi connectivity index (χ2v) is 4.25. The minimum absolute atomic E-state index is 0.488. The predicted octanol–water partition coefficient (Wildman–Crippen LogP) is 2.16. The van der Waals surface area contributed by atoms with Crippen LogP contribution in [0.3, 0.4) is 0 Å². The SMILES string of the molecule is CN[C@H](Cc1cc(C)no1)CC(C)C. The summed E-state index contributed by atoms with van der Waals surface area (Å²) in [5.74, 6) is 1.68. The Hall–Kier alpha value is -0.830. The molecule has 0 fully saturated rings. The molecule has 0 aromatic carbocycles. The van der Waals surface area contributed by atoms with Gasteiger partial charge in [-0.25, -0.2) is 0 Å². The minimum Gasteiger partial charge on any atom is -0.361 e. The van der Waals surface area contributed by atoms with Gasteiger partial charge in [-0.05, 0) is 26.3 Å². The van der Waals surface area contributed by atoms with Crippen molar-refractivity contribution in [2.75, 3.05) is 7.05 Å². The van der Waals surface area contributed by atoms with Gasteiger partial charge >= 0.3 is 0 Å². The molecule has 1 atom stereocenters. The van der Waals surface area contributed by atoms with E-state index in [2.05, 4.69) is 24.3 Å². The molecule has 1 rings (SSSR count). The van der Waals surface area contributed by atoms with E-state index < -0.39 is 0 Å². The molecule has 1 N–H and O–H groups in total. The van der Waals surface area contributed by atoms with Crippen LogP contribution in [0.1, 0.15) is 31.7 Å². The maximum atomic E-state index is 5.19. The van der Waals surface area contributed by atoms with E-state index in [0.29, 0.717) is 12.0 Å². The monoisotopic (exact) mass is 196 g/mol. The molecular formula is C11H20N2O. The summed E-state index contributed by atoms with van der Waals surface area (Å²) in [6.07, 6.45) is 2.09. The minimum atomic E-state index is 0.488. The van der Waals surface area contributed by atoms with Crippen molar-refractivity contribution >= 4 is 0 Å². The molecule has 0 bridgehead atoms. The van der Waals surface area contributed by atoms with E-state index in [9.17, 15) is 0 Å². The molecule has 14 heavy (non-hydrogen) atoms. The highest BCUT2D eigenvalue weighted by Crippen LogP contribution is 2.11. The summed E-state index contributed by atoms with van der Waals surface area (Å²) in [4.78, 5) is 0. The lowest BCUT2D eigenvalue weighted by Gasteiger charge is -2.16. The first-order chi connectivity index (χ1) is 6.61. The van der Waals surface area contributed by atoms with Gasteiger partial charge in [-0.2, -0.15) is 0 Å². The molecule has 0 aliphatic rings. The number of aromatic nitrogens is 1. The topological polar surface area (TPSA) is 38.1 Å². The van der Waals surface area contributed by atoms with E-state index in [0.717, 1.165) is 24.3 Å². The zero-order valence-corrected chi connectivity index (χ0v) is 9.50. The molecule has 0 saturated carbocycles. The molecule has 0 saturated heterocycles. The third-order valence-corrected chi connectivity index (χ3v) is 2.29. The van der Waals surface area contributed by atoms with Crippen LogP contribution >= 0.6 is 0 Å². The highest BCUT2D eigenvalue weighted by molar-refractivity contribution is 5.04. The fourth-order valence-electron chi connectivity index (χ4n) is 1.63. The largest absolute Gasteiger partial charge is 0.361 e. The van der Waals surface area contributed by atoms with Crippen LogP contribution in [-0.2, 0) is 6.42 Å². The van der Waals surface area contributed by atoms with Crippen LogP contribution in [-0.4, -0.2) is 18.2 Å². The number of hydrogen-bond donors (Lipinski definition) is 1. The van der Waals surface area contributed by atoms with Crippen molar-refractivity contribution in [1.29, 1.82) is 0 Å². The van der Waals surface area contributed by atoms with Crippen molar-refractivity contribution in [2.24, 2.45) is 5.92 Å². The van der Waals surface area contributed by atoms with Crippen molar-refractivity contribution < 1.29 is 4.52 Å². The second kappa shape index (κ2) is 5.15. The Bertz CT molecular complexity index is 268. The summed E-state index contributed by atoms with van der Waals surface area (Å²) in [6, 6.07) is 2.49. The molecular weight excluding hydrogens is 176 g/mol. The summed E-state index contributed by atoms with van der Waals surface area (Å²) in [7, 11) is 2.00. The predicted molar refractivity (Wildman–Crippen MR) is 57.2 cm³/mol. The molecule has 0 amide bonds. The van der Waals surface area contributed by atoms with Gasteiger partial charge in [0.25, 0.3) is 0 Å². The number of aryl methyl sites for hydroxylation is 1. The molecule has 0 aliphatic heterocycles. The number of hydrogen-bond acceptors (Lipinski definition) is 3. The Morgan fingerprint density at radius 3 is 2.64 bits per heavy atom. The van der Waals surface area contributed by atoms with E-state index >= 15 is 0 Å². The average molecular weight is 196 g/mol. The molecule has 3 nitrogen and oxygen atoms in total. The van der Waals surface area contributed by atoms with E-state index in [1.54, 1.807) is 0 Å². The van der Waals surface area contributed by atoms with Crippen LogP contribution in [0.5, 0.6) is 0 Å². The smallest absolute Gasteiger partial charge is 0.138 e. The molecule has 80 valence electrons. The van der Waals surface area contributed by atoms with Gasteiger partial charge in [-0.1, -0.05) is 19.0 Å².